The number of pyridine rings is 1. The Bertz CT molecular complexity index is 1400. The summed E-state index contributed by atoms with van der Waals surface area (Å²) in [6, 6.07) is 21.2. The molecule has 0 fully saturated rings. The average molecular weight is 493 g/mol. The Morgan fingerprint density at radius 1 is 0.971 bits per heavy atom. The van der Waals surface area contributed by atoms with Crippen LogP contribution in [-0.4, -0.2) is 25.0 Å². The molecule has 1 amide bonds. The molecule has 0 saturated heterocycles. The molecular weight excluding hydrogens is 472 g/mol. The molecule has 0 aliphatic carbocycles. The summed E-state index contributed by atoms with van der Waals surface area (Å²) in [4.78, 5) is 16.7. The molecule has 34 heavy (non-hydrogen) atoms. The minimum atomic E-state index is -3.83. The van der Waals surface area contributed by atoms with E-state index in [0.29, 0.717) is 11.5 Å². The van der Waals surface area contributed by atoms with Gasteiger partial charge in [-0.15, -0.1) is 11.3 Å². The summed E-state index contributed by atoms with van der Waals surface area (Å²) in [7, 11) is -3.83. The van der Waals surface area contributed by atoms with Gasteiger partial charge in [0.15, 0.2) is 0 Å². The number of hydrogen-bond acceptors (Lipinski definition) is 7. The summed E-state index contributed by atoms with van der Waals surface area (Å²) < 4.78 is 33.4. The molecule has 0 unspecified atom stereocenters. The Morgan fingerprint density at radius 3 is 2.41 bits per heavy atom. The molecule has 8 nitrogen and oxygen atoms in total. The lowest BCUT2D eigenvalue weighted by Crippen LogP contribution is -2.22. The van der Waals surface area contributed by atoms with Gasteiger partial charge in [0.25, 0.3) is 15.9 Å². The fraction of sp³-hybridized carbons (Fsp3) is 0.0417. The molecule has 4 rings (SSSR count). The van der Waals surface area contributed by atoms with Gasteiger partial charge in [-0.3, -0.25) is 14.5 Å². The van der Waals surface area contributed by atoms with Crippen LogP contribution in [0, 0.1) is 0 Å². The van der Waals surface area contributed by atoms with Crippen molar-refractivity contribution in [2.24, 2.45) is 5.10 Å². The van der Waals surface area contributed by atoms with Gasteiger partial charge in [0.1, 0.15) is 15.7 Å². The van der Waals surface area contributed by atoms with Crippen LogP contribution < -0.4 is 14.9 Å². The van der Waals surface area contributed by atoms with Crippen molar-refractivity contribution in [1.82, 2.24) is 10.4 Å². The van der Waals surface area contributed by atoms with Crippen LogP contribution in [0.1, 0.15) is 22.8 Å². The Hall–Kier alpha value is -4.02. The molecule has 2 heterocycles. The minimum absolute atomic E-state index is 0.0590. The van der Waals surface area contributed by atoms with E-state index in [0.717, 1.165) is 22.6 Å². The molecule has 10 heteroatoms. The number of nitrogens with zero attached hydrogens (tertiary/aromatic N) is 2. The molecule has 2 aromatic carbocycles. The first-order valence-electron chi connectivity index (χ1n) is 10.1. The maximum atomic E-state index is 12.7. The van der Waals surface area contributed by atoms with Gasteiger partial charge in [0, 0.05) is 6.20 Å². The Balaban J connectivity index is 1.44. The molecule has 0 aliphatic heterocycles. The van der Waals surface area contributed by atoms with E-state index < -0.39 is 15.9 Å². The van der Waals surface area contributed by atoms with Crippen LogP contribution in [-0.2, 0) is 10.0 Å². The summed E-state index contributed by atoms with van der Waals surface area (Å²) in [6.07, 6.45) is 2.68. The summed E-state index contributed by atoms with van der Waals surface area (Å²) >= 11 is 1.07. The van der Waals surface area contributed by atoms with Crippen molar-refractivity contribution in [2.75, 3.05) is 4.72 Å². The zero-order valence-corrected chi connectivity index (χ0v) is 19.6. The van der Waals surface area contributed by atoms with Crippen molar-refractivity contribution in [1.29, 1.82) is 0 Å². The zero-order valence-electron chi connectivity index (χ0n) is 18.0. The van der Waals surface area contributed by atoms with Crippen molar-refractivity contribution in [2.45, 2.75) is 11.1 Å². The summed E-state index contributed by atoms with van der Waals surface area (Å²) in [5, 5.41) is 5.81. The Labute approximate surface area is 201 Å². The van der Waals surface area contributed by atoms with Crippen LogP contribution >= 0.6 is 11.3 Å². The first kappa shape index (κ1) is 23.1. The SMILES string of the molecule is C/C(=N/NC(=O)c1ccncc1NS(=O)(=O)c1cccs1)c1ccc(Oc2ccccc2)cc1. The molecule has 172 valence electrons. The molecule has 2 N–H and O–H groups in total. The Morgan fingerprint density at radius 2 is 1.71 bits per heavy atom. The molecule has 4 aromatic rings. The zero-order chi connectivity index (χ0) is 24.0. The van der Waals surface area contributed by atoms with E-state index in [1.165, 1.54) is 24.5 Å². The highest BCUT2D eigenvalue weighted by Gasteiger charge is 2.19. The second-order valence-electron chi connectivity index (χ2n) is 7.04. The normalized spacial score (nSPS) is 11.6. The van der Waals surface area contributed by atoms with Gasteiger partial charge in [-0.2, -0.15) is 5.10 Å². The van der Waals surface area contributed by atoms with Gasteiger partial charge in [0.2, 0.25) is 0 Å². The number of aromatic nitrogens is 1. The predicted octanol–water partition coefficient (Wildman–Crippen LogP) is 4.89. The largest absolute Gasteiger partial charge is 0.457 e. The van der Waals surface area contributed by atoms with Gasteiger partial charge in [-0.05, 0) is 66.4 Å². The van der Waals surface area contributed by atoms with Crippen molar-refractivity contribution < 1.29 is 17.9 Å². The lowest BCUT2D eigenvalue weighted by atomic mass is 10.1. The first-order valence-corrected chi connectivity index (χ1v) is 12.5. The van der Waals surface area contributed by atoms with Gasteiger partial charge >= 0.3 is 0 Å². The fourth-order valence-corrected chi connectivity index (χ4v) is 4.99. The second-order valence-corrected chi connectivity index (χ2v) is 9.89. The van der Waals surface area contributed by atoms with Crippen molar-refractivity contribution in [3.63, 3.8) is 0 Å². The maximum Gasteiger partial charge on any atom is 0.273 e. The molecule has 0 saturated carbocycles. The van der Waals surface area contributed by atoms with Crippen molar-refractivity contribution in [3.8, 4) is 11.5 Å². The van der Waals surface area contributed by atoms with Crippen molar-refractivity contribution in [3.05, 3.63) is 102 Å². The summed E-state index contributed by atoms with van der Waals surface area (Å²) in [5.41, 5.74) is 3.98. The molecule has 2 aromatic heterocycles. The van der Waals surface area contributed by atoms with E-state index in [2.05, 4.69) is 20.2 Å². The first-order chi connectivity index (χ1) is 16.4. The van der Waals surface area contributed by atoms with E-state index in [-0.39, 0.29) is 15.5 Å². The van der Waals surface area contributed by atoms with E-state index in [4.69, 9.17) is 4.74 Å². The molecule has 0 atom stereocenters. The van der Waals surface area contributed by atoms with Crippen LogP contribution in [0.4, 0.5) is 5.69 Å². The molecule has 0 radical (unpaired) electrons. The molecule has 0 bridgehead atoms. The number of carbonyl (C=O) groups is 1. The number of carbonyl (C=O) groups excluding carboxylic acids is 1. The van der Waals surface area contributed by atoms with E-state index >= 15 is 0 Å². The highest BCUT2D eigenvalue weighted by Crippen LogP contribution is 2.23. The third kappa shape index (κ3) is 5.66. The van der Waals surface area contributed by atoms with Crippen LogP contribution in [0.2, 0.25) is 0 Å². The van der Waals surface area contributed by atoms with E-state index in [1.54, 1.807) is 18.4 Å². The number of nitrogens with one attached hydrogen (secondary N) is 2. The number of para-hydroxylation sites is 1. The quantitative estimate of drug-likeness (QED) is 0.269. The number of thiophene rings is 1. The van der Waals surface area contributed by atoms with Gasteiger partial charge < -0.3 is 4.74 Å². The average Bonchev–Trinajstić information content (AvgIpc) is 3.40. The smallest absolute Gasteiger partial charge is 0.273 e. The highest BCUT2D eigenvalue weighted by atomic mass is 32.2. The van der Waals surface area contributed by atoms with Gasteiger partial charge in [-0.1, -0.05) is 24.3 Å². The van der Waals surface area contributed by atoms with E-state index in [9.17, 15) is 13.2 Å². The number of rotatable bonds is 8. The van der Waals surface area contributed by atoms with Gasteiger partial charge in [-0.25, -0.2) is 13.8 Å². The lowest BCUT2D eigenvalue weighted by Gasteiger charge is -2.10. The second kappa shape index (κ2) is 10.3. The third-order valence-corrected chi connectivity index (χ3v) is 7.41. The minimum Gasteiger partial charge on any atom is -0.457 e. The van der Waals surface area contributed by atoms with Crippen molar-refractivity contribution >= 4 is 38.7 Å². The molecule has 0 spiro atoms. The number of ether oxygens (including phenoxy) is 1. The number of benzene rings is 2. The number of amides is 1. The van der Waals surface area contributed by atoms with Gasteiger partial charge in [0.05, 0.1) is 23.2 Å². The molecular formula is C24H20N4O4S2. The maximum absolute atomic E-state index is 12.7. The standard InChI is InChI=1S/C24H20N4O4S2/c1-17(18-9-11-20(12-10-18)32-19-6-3-2-4-7-19)26-27-24(29)21-13-14-25-16-22(21)28-34(30,31)23-8-5-15-33-23/h2-16,28H,1H3,(H,27,29)/b26-17-. The monoisotopic (exact) mass is 492 g/mol. The van der Waals surface area contributed by atoms with Crippen LogP contribution in [0.5, 0.6) is 11.5 Å². The third-order valence-electron chi connectivity index (χ3n) is 4.65. The van der Waals surface area contributed by atoms with Crippen LogP contribution in [0.15, 0.2) is 99.9 Å². The fourth-order valence-electron chi connectivity index (χ4n) is 2.93. The van der Waals surface area contributed by atoms with E-state index in [1.807, 2.05) is 54.6 Å². The number of hydrazone groups is 1. The van der Waals surface area contributed by atoms with Crippen LogP contribution in [0.25, 0.3) is 0 Å². The molecule has 0 aliphatic rings. The summed E-state index contributed by atoms with van der Waals surface area (Å²) in [5.74, 6) is 0.830. The topological polar surface area (TPSA) is 110 Å². The summed E-state index contributed by atoms with van der Waals surface area (Å²) in [6.45, 7) is 1.75. The number of sulfonamides is 1. The van der Waals surface area contributed by atoms with Crippen LogP contribution in [0.3, 0.4) is 0 Å². The number of anilines is 1. The lowest BCUT2D eigenvalue weighted by molar-refractivity contribution is 0.0955. The number of hydrogen-bond donors (Lipinski definition) is 2. The highest BCUT2D eigenvalue weighted by molar-refractivity contribution is 7.94. The predicted molar refractivity (Wildman–Crippen MR) is 132 cm³/mol. The Kier molecular flexibility index (Phi) is 7.00.